The van der Waals surface area contributed by atoms with E-state index >= 15 is 0 Å². The summed E-state index contributed by atoms with van der Waals surface area (Å²) in [5.41, 5.74) is 0.925. The Labute approximate surface area is 110 Å². The maximum Gasteiger partial charge on any atom is 0.238 e. The highest BCUT2D eigenvalue weighted by atomic mass is 32.2. The first-order valence-electron chi connectivity index (χ1n) is 6.10. The predicted octanol–water partition coefficient (Wildman–Crippen LogP) is 2.03. The molecule has 3 N–H and O–H groups in total. The first kappa shape index (κ1) is 15.1. The van der Waals surface area contributed by atoms with Gasteiger partial charge in [0.05, 0.1) is 4.90 Å². The molecule has 5 heteroatoms. The van der Waals surface area contributed by atoms with Gasteiger partial charge in [-0.15, -0.1) is 0 Å². The van der Waals surface area contributed by atoms with Crippen LogP contribution in [0.2, 0.25) is 0 Å². The van der Waals surface area contributed by atoms with Crippen LogP contribution in [0.4, 0.5) is 0 Å². The van der Waals surface area contributed by atoms with Gasteiger partial charge >= 0.3 is 0 Å². The molecule has 102 valence electrons. The number of nitrogens with two attached hydrogens (primary N) is 1. The molecule has 0 radical (unpaired) electrons. The highest BCUT2D eigenvalue weighted by molar-refractivity contribution is 7.89. The Morgan fingerprint density at radius 2 is 1.78 bits per heavy atom. The van der Waals surface area contributed by atoms with E-state index in [0.717, 1.165) is 5.56 Å². The van der Waals surface area contributed by atoms with E-state index in [-0.39, 0.29) is 10.9 Å². The minimum atomic E-state index is -3.63. The smallest absolute Gasteiger partial charge is 0.238 e. The average molecular weight is 270 g/mol. The molecule has 2 atom stereocenters. The quantitative estimate of drug-likeness (QED) is 0.860. The van der Waals surface area contributed by atoms with Crippen LogP contribution in [0.1, 0.15) is 39.3 Å². The molecule has 0 fully saturated rings. The molecule has 2 unspecified atom stereocenters. The number of nitrogens with one attached hydrogen (secondary N) is 1. The lowest BCUT2D eigenvalue weighted by molar-refractivity contribution is 0.388. The van der Waals surface area contributed by atoms with Crippen molar-refractivity contribution < 1.29 is 8.42 Å². The van der Waals surface area contributed by atoms with Crippen LogP contribution in [-0.4, -0.2) is 14.5 Å². The normalized spacial score (nSPS) is 15.7. The van der Waals surface area contributed by atoms with E-state index < -0.39 is 10.0 Å². The third-order valence-corrected chi connectivity index (χ3v) is 4.11. The third-order valence-electron chi connectivity index (χ3n) is 3.20. The number of primary sulfonamides is 1. The Morgan fingerprint density at radius 3 is 2.28 bits per heavy atom. The lowest BCUT2D eigenvalue weighted by Gasteiger charge is -2.23. The standard InChI is InChI=1S/C13H22N2O2S/c1-9(2)10(3)15-11(4)12-6-5-7-13(8-12)18(14,16)17/h5-11,15H,1-4H3,(H2,14,16,17). The molecular weight excluding hydrogens is 248 g/mol. The number of rotatable bonds is 5. The van der Waals surface area contributed by atoms with E-state index in [1.165, 1.54) is 6.07 Å². The SMILES string of the molecule is CC(NC(C)C(C)C)c1cccc(S(N)(=O)=O)c1. The lowest BCUT2D eigenvalue weighted by Crippen LogP contribution is -2.33. The summed E-state index contributed by atoms with van der Waals surface area (Å²) in [4.78, 5) is 0.158. The molecule has 0 aromatic heterocycles. The van der Waals surface area contributed by atoms with Crippen molar-refractivity contribution in [1.82, 2.24) is 5.32 Å². The van der Waals surface area contributed by atoms with Gasteiger partial charge in [0.25, 0.3) is 0 Å². The number of sulfonamides is 1. The lowest BCUT2D eigenvalue weighted by atomic mass is 10.0. The monoisotopic (exact) mass is 270 g/mol. The molecule has 0 spiro atoms. The second kappa shape index (κ2) is 5.82. The van der Waals surface area contributed by atoms with Crippen LogP contribution in [0.25, 0.3) is 0 Å². The van der Waals surface area contributed by atoms with Gasteiger partial charge in [-0.1, -0.05) is 26.0 Å². The van der Waals surface area contributed by atoms with E-state index in [1.54, 1.807) is 12.1 Å². The van der Waals surface area contributed by atoms with Gasteiger partial charge in [0.15, 0.2) is 0 Å². The van der Waals surface area contributed by atoms with Crippen LogP contribution in [0.5, 0.6) is 0 Å². The summed E-state index contributed by atoms with van der Waals surface area (Å²) in [6.07, 6.45) is 0. The summed E-state index contributed by atoms with van der Waals surface area (Å²) in [6.45, 7) is 8.42. The van der Waals surface area contributed by atoms with Crippen molar-refractivity contribution in [3.8, 4) is 0 Å². The molecule has 18 heavy (non-hydrogen) atoms. The van der Waals surface area contributed by atoms with Crippen LogP contribution < -0.4 is 10.5 Å². The number of benzene rings is 1. The van der Waals surface area contributed by atoms with E-state index in [2.05, 4.69) is 26.1 Å². The molecule has 0 aliphatic heterocycles. The van der Waals surface area contributed by atoms with Gasteiger partial charge in [0.2, 0.25) is 10.0 Å². The van der Waals surface area contributed by atoms with E-state index in [1.807, 2.05) is 13.0 Å². The van der Waals surface area contributed by atoms with Gasteiger partial charge in [0, 0.05) is 12.1 Å². The molecule has 0 bridgehead atoms. The fourth-order valence-corrected chi connectivity index (χ4v) is 2.21. The molecule has 0 aliphatic carbocycles. The van der Waals surface area contributed by atoms with Crippen LogP contribution in [-0.2, 0) is 10.0 Å². The Morgan fingerprint density at radius 1 is 1.17 bits per heavy atom. The zero-order valence-corrected chi connectivity index (χ0v) is 12.2. The maximum absolute atomic E-state index is 11.3. The maximum atomic E-state index is 11.3. The van der Waals surface area contributed by atoms with Crippen LogP contribution in [0.3, 0.4) is 0 Å². The highest BCUT2D eigenvalue weighted by Gasteiger charge is 2.14. The van der Waals surface area contributed by atoms with Crippen LogP contribution in [0.15, 0.2) is 29.2 Å². The van der Waals surface area contributed by atoms with E-state index in [9.17, 15) is 8.42 Å². The fraction of sp³-hybridized carbons (Fsp3) is 0.538. The molecule has 1 aromatic rings. The third kappa shape index (κ3) is 4.08. The van der Waals surface area contributed by atoms with Crippen molar-refractivity contribution in [2.45, 2.75) is 44.7 Å². The first-order chi connectivity index (χ1) is 8.21. The Kier molecular flexibility index (Phi) is 4.90. The van der Waals surface area contributed by atoms with Crippen molar-refractivity contribution in [3.05, 3.63) is 29.8 Å². The van der Waals surface area contributed by atoms with Crippen LogP contribution >= 0.6 is 0 Å². The van der Waals surface area contributed by atoms with Gasteiger partial charge in [-0.25, -0.2) is 13.6 Å². The Balaban J connectivity index is 2.90. The topological polar surface area (TPSA) is 72.2 Å². The van der Waals surface area contributed by atoms with Gasteiger partial charge in [-0.05, 0) is 37.5 Å². The molecule has 0 amide bonds. The Hall–Kier alpha value is -0.910. The molecule has 1 rings (SSSR count). The molecule has 1 aromatic carbocycles. The Bertz CT molecular complexity index is 497. The predicted molar refractivity (Wildman–Crippen MR) is 73.7 cm³/mol. The molecule has 4 nitrogen and oxygen atoms in total. The van der Waals surface area contributed by atoms with Crippen molar-refractivity contribution in [3.63, 3.8) is 0 Å². The summed E-state index contributed by atoms with van der Waals surface area (Å²) in [5.74, 6) is 0.522. The summed E-state index contributed by atoms with van der Waals surface area (Å²) in [7, 11) is -3.63. The summed E-state index contributed by atoms with van der Waals surface area (Å²) in [6, 6.07) is 7.20. The highest BCUT2D eigenvalue weighted by Crippen LogP contribution is 2.18. The van der Waals surface area contributed by atoms with E-state index in [0.29, 0.717) is 12.0 Å². The summed E-state index contributed by atoms with van der Waals surface area (Å²) >= 11 is 0. The largest absolute Gasteiger partial charge is 0.307 e. The van der Waals surface area contributed by atoms with Gasteiger partial charge in [0.1, 0.15) is 0 Å². The molecule has 0 saturated carbocycles. The minimum absolute atomic E-state index is 0.0871. The minimum Gasteiger partial charge on any atom is -0.307 e. The van der Waals surface area contributed by atoms with Gasteiger partial charge < -0.3 is 5.32 Å². The molecule has 0 aliphatic rings. The molecular formula is C13H22N2O2S. The molecule has 0 heterocycles. The van der Waals surface area contributed by atoms with Crippen molar-refractivity contribution in [1.29, 1.82) is 0 Å². The zero-order valence-electron chi connectivity index (χ0n) is 11.3. The van der Waals surface area contributed by atoms with Crippen LogP contribution in [0, 0.1) is 5.92 Å². The van der Waals surface area contributed by atoms with Gasteiger partial charge in [-0.3, -0.25) is 0 Å². The number of hydrogen-bond acceptors (Lipinski definition) is 3. The molecule has 0 saturated heterocycles. The zero-order chi connectivity index (χ0) is 13.9. The van der Waals surface area contributed by atoms with Crippen molar-refractivity contribution >= 4 is 10.0 Å². The summed E-state index contributed by atoms with van der Waals surface area (Å²) < 4.78 is 22.6. The first-order valence-corrected chi connectivity index (χ1v) is 7.65. The number of hydrogen-bond donors (Lipinski definition) is 2. The van der Waals surface area contributed by atoms with E-state index in [4.69, 9.17) is 5.14 Å². The van der Waals surface area contributed by atoms with Crippen molar-refractivity contribution in [2.24, 2.45) is 11.1 Å². The second-order valence-corrected chi connectivity index (χ2v) is 6.60. The van der Waals surface area contributed by atoms with Crippen molar-refractivity contribution in [2.75, 3.05) is 0 Å². The fourth-order valence-electron chi connectivity index (χ4n) is 1.64. The summed E-state index contributed by atoms with van der Waals surface area (Å²) in [5, 5.41) is 8.57. The second-order valence-electron chi connectivity index (χ2n) is 5.04. The average Bonchev–Trinajstić information content (AvgIpc) is 2.27. The van der Waals surface area contributed by atoms with Gasteiger partial charge in [-0.2, -0.15) is 0 Å².